The fourth-order valence-electron chi connectivity index (χ4n) is 1.88. The fourth-order valence-corrected chi connectivity index (χ4v) is 1.88. The van der Waals surface area contributed by atoms with Crippen molar-refractivity contribution in [3.63, 3.8) is 0 Å². The highest BCUT2D eigenvalue weighted by molar-refractivity contribution is 5.86. The van der Waals surface area contributed by atoms with Gasteiger partial charge in [-0.25, -0.2) is 0 Å². The van der Waals surface area contributed by atoms with Gasteiger partial charge in [-0.15, -0.1) is 0 Å². The molecule has 2 nitrogen and oxygen atoms in total. The summed E-state index contributed by atoms with van der Waals surface area (Å²) in [5.74, 6) is 0.887. The zero-order chi connectivity index (χ0) is 13.7. The summed E-state index contributed by atoms with van der Waals surface area (Å²) in [6, 6.07) is 0. The van der Waals surface area contributed by atoms with E-state index in [1.54, 1.807) is 0 Å². The number of nitrogens with one attached hydrogen (secondary N) is 1. The lowest BCUT2D eigenvalue weighted by molar-refractivity contribution is -0.127. The molecule has 0 aliphatic rings. The van der Waals surface area contributed by atoms with Gasteiger partial charge in [0.2, 0.25) is 0 Å². The molecule has 0 heterocycles. The van der Waals surface area contributed by atoms with Gasteiger partial charge in [-0.2, -0.15) is 0 Å². The van der Waals surface area contributed by atoms with Crippen molar-refractivity contribution >= 4 is 5.78 Å². The summed E-state index contributed by atoms with van der Waals surface area (Å²) in [4.78, 5) is 12.2. The van der Waals surface area contributed by atoms with Crippen LogP contribution in [0.25, 0.3) is 0 Å². The van der Waals surface area contributed by atoms with Gasteiger partial charge in [-0.05, 0) is 32.1 Å². The van der Waals surface area contributed by atoms with Gasteiger partial charge in [0, 0.05) is 11.0 Å². The molecular weight excluding hydrogens is 210 g/mol. The van der Waals surface area contributed by atoms with Crippen molar-refractivity contribution in [2.75, 3.05) is 6.54 Å². The molecule has 0 radical (unpaired) electrons. The molecular formula is C15H31NO. The minimum Gasteiger partial charge on any atom is -0.304 e. The molecule has 0 amide bonds. The normalized spacial score (nSPS) is 16.0. The van der Waals surface area contributed by atoms with E-state index in [1.165, 1.54) is 0 Å². The van der Waals surface area contributed by atoms with Crippen LogP contribution in [0.5, 0.6) is 0 Å². The molecule has 0 aliphatic heterocycles. The van der Waals surface area contributed by atoms with E-state index in [9.17, 15) is 4.79 Å². The summed E-state index contributed by atoms with van der Waals surface area (Å²) in [6.07, 6.45) is 2.90. The highest BCUT2D eigenvalue weighted by Gasteiger charge is 2.32. The van der Waals surface area contributed by atoms with Crippen molar-refractivity contribution in [2.45, 2.75) is 73.3 Å². The Morgan fingerprint density at radius 1 is 1.06 bits per heavy atom. The predicted octanol–water partition coefficient (Wildman–Crippen LogP) is 3.80. The summed E-state index contributed by atoms with van der Waals surface area (Å²) >= 11 is 0. The van der Waals surface area contributed by atoms with Crippen LogP contribution in [-0.2, 0) is 4.79 Å². The zero-order valence-electron chi connectivity index (χ0n) is 12.8. The summed E-state index contributed by atoms with van der Waals surface area (Å²) in [7, 11) is 0. The molecule has 0 fully saturated rings. The minimum absolute atomic E-state index is 0.0675. The monoisotopic (exact) mass is 241 g/mol. The average molecular weight is 241 g/mol. The van der Waals surface area contributed by atoms with Crippen molar-refractivity contribution in [2.24, 2.45) is 11.3 Å². The Morgan fingerprint density at radius 2 is 1.53 bits per heavy atom. The number of ketones is 1. The quantitative estimate of drug-likeness (QED) is 0.700. The third-order valence-corrected chi connectivity index (χ3v) is 4.90. The third kappa shape index (κ3) is 4.09. The van der Waals surface area contributed by atoms with E-state index >= 15 is 0 Å². The molecule has 17 heavy (non-hydrogen) atoms. The van der Waals surface area contributed by atoms with Crippen molar-refractivity contribution in [3.8, 4) is 0 Å². The molecule has 0 spiro atoms. The summed E-state index contributed by atoms with van der Waals surface area (Å²) in [6.45, 7) is 15.6. The van der Waals surface area contributed by atoms with Crippen molar-refractivity contribution in [3.05, 3.63) is 0 Å². The van der Waals surface area contributed by atoms with E-state index in [2.05, 4.69) is 53.8 Å². The van der Waals surface area contributed by atoms with Gasteiger partial charge in [-0.1, -0.05) is 41.5 Å². The van der Waals surface area contributed by atoms with Gasteiger partial charge in [0.25, 0.3) is 0 Å². The Hall–Kier alpha value is -0.370. The van der Waals surface area contributed by atoms with Crippen molar-refractivity contribution in [1.82, 2.24) is 5.32 Å². The largest absolute Gasteiger partial charge is 0.304 e. The first-order valence-electron chi connectivity index (χ1n) is 7.04. The number of rotatable bonds is 8. The van der Waals surface area contributed by atoms with Gasteiger partial charge in [-0.3, -0.25) is 4.79 Å². The topological polar surface area (TPSA) is 29.1 Å². The Balaban J connectivity index is 4.52. The lowest BCUT2D eigenvalue weighted by Crippen LogP contribution is -2.50. The van der Waals surface area contributed by atoms with Crippen LogP contribution in [0.2, 0.25) is 0 Å². The fraction of sp³-hybridized carbons (Fsp3) is 0.933. The maximum atomic E-state index is 12.2. The van der Waals surface area contributed by atoms with Crippen LogP contribution < -0.4 is 5.32 Å². The SMILES string of the molecule is CCC(C)(CC)C(=O)CNC(C)(CC)C(C)C. The van der Waals surface area contributed by atoms with Gasteiger partial charge >= 0.3 is 0 Å². The summed E-state index contributed by atoms with van der Waals surface area (Å²) < 4.78 is 0. The van der Waals surface area contributed by atoms with Crippen LogP contribution in [-0.4, -0.2) is 17.9 Å². The van der Waals surface area contributed by atoms with Crippen LogP contribution in [0.15, 0.2) is 0 Å². The second-order valence-corrected chi connectivity index (χ2v) is 5.97. The Morgan fingerprint density at radius 3 is 1.82 bits per heavy atom. The lowest BCUT2D eigenvalue weighted by atomic mass is 9.79. The molecule has 1 atom stereocenters. The summed E-state index contributed by atoms with van der Waals surface area (Å²) in [5.41, 5.74) is -0.0866. The highest BCUT2D eigenvalue weighted by atomic mass is 16.1. The highest BCUT2D eigenvalue weighted by Crippen LogP contribution is 2.27. The van der Waals surface area contributed by atoms with Gasteiger partial charge in [0.05, 0.1) is 6.54 Å². The molecule has 0 bridgehead atoms. The number of carbonyl (C=O) groups is 1. The molecule has 0 aromatic heterocycles. The molecule has 2 heteroatoms. The standard InChI is InChI=1S/C15H31NO/c1-8-14(6,9-2)13(17)11-16-15(7,10-3)12(4)5/h12,16H,8-11H2,1-7H3. The maximum Gasteiger partial charge on any atom is 0.152 e. The van der Waals surface area contributed by atoms with Crippen LogP contribution in [0, 0.1) is 11.3 Å². The predicted molar refractivity (Wildman–Crippen MR) is 75.2 cm³/mol. The van der Waals surface area contributed by atoms with Crippen LogP contribution in [0.1, 0.15) is 67.7 Å². The summed E-state index contributed by atoms with van der Waals surface area (Å²) in [5, 5.41) is 3.47. The zero-order valence-corrected chi connectivity index (χ0v) is 12.8. The Kier molecular flexibility index (Phi) is 6.39. The van der Waals surface area contributed by atoms with E-state index in [1.807, 2.05) is 0 Å². The number of hydrogen-bond acceptors (Lipinski definition) is 2. The lowest BCUT2D eigenvalue weighted by Gasteiger charge is -2.35. The first kappa shape index (κ1) is 16.6. The van der Waals surface area contributed by atoms with Crippen LogP contribution >= 0.6 is 0 Å². The maximum absolute atomic E-state index is 12.2. The average Bonchev–Trinajstić information content (AvgIpc) is 2.33. The molecule has 102 valence electrons. The van der Waals surface area contributed by atoms with Crippen molar-refractivity contribution in [1.29, 1.82) is 0 Å². The van der Waals surface area contributed by atoms with Crippen LogP contribution in [0.4, 0.5) is 0 Å². The third-order valence-electron chi connectivity index (χ3n) is 4.90. The molecule has 1 N–H and O–H groups in total. The Labute approximate surface area is 108 Å². The first-order chi connectivity index (χ1) is 7.75. The second-order valence-electron chi connectivity index (χ2n) is 5.97. The molecule has 0 aromatic carbocycles. The van der Waals surface area contributed by atoms with E-state index < -0.39 is 0 Å². The molecule has 0 rings (SSSR count). The van der Waals surface area contributed by atoms with E-state index in [-0.39, 0.29) is 11.0 Å². The molecule has 0 aliphatic carbocycles. The molecule has 0 saturated heterocycles. The number of hydrogen-bond donors (Lipinski definition) is 1. The molecule has 1 unspecified atom stereocenters. The molecule has 0 saturated carbocycles. The Bertz CT molecular complexity index is 243. The number of carbonyl (C=O) groups excluding carboxylic acids is 1. The first-order valence-corrected chi connectivity index (χ1v) is 7.04. The van der Waals surface area contributed by atoms with E-state index in [4.69, 9.17) is 0 Å². The second kappa shape index (κ2) is 6.53. The van der Waals surface area contributed by atoms with Gasteiger partial charge in [0.15, 0.2) is 5.78 Å². The van der Waals surface area contributed by atoms with Gasteiger partial charge < -0.3 is 5.32 Å². The van der Waals surface area contributed by atoms with E-state index in [0.717, 1.165) is 19.3 Å². The number of Topliss-reactive ketones (excluding diaryl/α,β-unsaturated/α-hetero) is 1. The van der Waals surface area contributed by atoms with Crippen LogP contribution in [0.3, 0.4) is 0 Å². The molecule has 0 aromatic rings. The van der Waals surface area contributed by atoms with Gasteiger partial charge in [0.1, 0.15) is 0 Å². The smallest absolute Gasteiger partial charge is 0.152 e. The van der Waals surface area contributed by atoms with Crippen molar-refractivity contribution < 1.29 is 4.79 Å². The van der Waals surface area contributed by atoms with E-state index in [0.29, 0.717) is 18.2 Å². The minimum atomic E-state index is -0.154.